The zero-order chi connectivity index (χ0) is 14.0. The quantitative estimate of drug-likeness (QED) is 0.775. The van der Waals surface area contributed by atoms with Crippen LogP contribution in [0.1, 0.15) is 37.8 Å². The third-order valence-electron chi connectivity index (χ3n) is 4.09. The number of hydrogen-bond acceptors (Lipinski definition) is 1. The average molecular weight is 275 g/mol. The Morgan fingerprint density at radius 3 is 2.26 bits per heavy atom. The van der Waals surface area contributed by atoms with E-state index >= 15 is 0 Å². The van der Waals surface area contributed by atoms with Gasteiger partial charge in [0.1, 0.15) is 0 Å². The summed E-state index contributed by atoms with van der Waals surface area (Å²) in [7, 11) is -1.22. The van der Waals surface area contributed by atoms with Gasteiger partial charge in [0, 0.05) is 13.0 Å². The van der Waals surface area contributed by atoms with Gasteiger partial charge in [0.15, 0.2) is 0 Å². The Balaban J connectivity index is 2.15. The van der Waals surface area contributed by atoms with Gasteiger partial charge in [-0.05, 0) is 25.3 Å². The monoisotopic (exact) mass is 275 g/mol. The Morgan fingerprint density at radius 2 is 1.74 bits per heavy atom. The Labute approximate surface area is 117 Å². The second-order valence-electron chi connectivity index (χ2n) is 6.59. The topological polar surface area (TPSA) is 20.3 Å². The SMILES string of the molecule is CC(c1ccc([Si](C)(C)C)cc1)N1CCCCC1=O. The van der Waals surface area contributed by atoms with Gasteiger partial charge in [-0.25, -0.2) is 0 Å². The van der Waals surface area contributed by atoms with Crippen LogP contribution >= 0.6 is 0 Å². The van der Waals surface area contributed by atoms with Crippen LogP contribution in [0.4, 0.5) is 0 Å². The molecule has 0 spiro atoms. The number of likely N-dealkylation sites (tertiary alicyclic amines) is 1. The number of rotatable bonds is 3. The van der Waals surface area contributed by atoms with E-state index in [0.717, 1.165) is 25.8 Å². The first-order valence-corrected chi connectivity index (χ1v) is 10.8. The number of carbonyl (C=O) groups is 1. The summed E-state index contributed by atoms with van der Waals surface area (Å²) in [5, 5.41) is 1.48. The first-order valence-electron chi connectivity index (χ1n) is 7.29. The van der Waals surface area contributed by atoms with Gasteiger partial charge in [-0.15, -0.1) is 0 Å². The number of nitrogens with zero attached hydrogens (tertiary/aromatic N) is 1. The van der Waals surface area contributed by atoms with Crippen molar-refractivity contribution in [2.75, 3.05) is 6.54 Å². The van der Waals surface area contributed by atoms with Gasteiger partial charge in [0.05, 0.1) is 14.1 Å². The molecule has 0 radical (unpaired) electrons. The molecule has 2 rings (SSSR count). The lowest BCUT2D eigenvalue weighted by atomic mass is 10.0. The molecule has 0 aliphatic carbocycles. The minimum Gasteiger partial charge on any atom is -0.336 e. The molecule has 0 bridgehead atoms. The van der Waals surface area contributed by atoms with Crippen molar-refractivity contribution in [1.29, 1.82) is 0 Å². The Bertz CT molecular complexity index is 447. The van der Waals surface area contributed by atoms with Gasteiger partial charge in [0.2, 0.25) is 5.91 Å². The van der Waals surface area contributed by atoms with E-state index in [4.69, 9.17) is 0 Å². The molecular weight excluding hydrogens is 250 g/mol. The van der Waals surface area contributed by atoms with Crippen molar-refractivity contribution >= 4 is 19.2 Å². The van der Waals surface area contributed by atoms with Gasteiger partial charge in [0.25, 0.3) is 0 Å². The van der Waals surface area contributed by atoms with E-state index < -0.39 is 8.07 Å². The van der Waals surface area contributed by atoms with Crippen LogP contribution in [-0.2, 0) is 4.79 Å². The Morgan fingerprint density at radius 1 is 1.11 bits per heavy atom. The molecule has 0 N–H and O–H groups in total. The molecule has 1 atom stereocenters. The van der Waals surface area contributed by atoms with Crippen LogP contribution in [0.5, 0.6) is 0 Å². The third kappa shape index (κ3) is 3.27. The average Bonchev–Trinajstić information content (AvgIpc) is 2.38. The van der Waals surface area contributed by atoms with E-state index in [9.17, 15) is 4.79 Å². The molecule has 0 saturated carbocycles. The lowest BCUT2D eigenvalue weighted by Crippen LogP contribution is -2.39. The molecule has 104 valence electrons. The van der Waals surface area contributed by atoms with E-state index in [2.05, 4.69) is 50.8 Å². The van der Waals surface area contributed by atoms with Crippen LogP contribution in [-0.4, -0.2) is 25.4 Å². The zero-order valence-electron chi connectivity index (χ0n) is 12.6. The Hall–Kier alpha value is -1.09. The number of piperidine rings is 1. The van der Waals surface area contributed by atoms with Crippen LogP contribution in [0.3, 0.4) is 0 Å². The maximum atomic E-state index is 12.0. The molecule has 1 aromatic carbocycles. The first-order chi connectivity index (χ1) is 8.89. The molecule has 3 heteroatoms. The highest BCUT2D eigenvalue weighted by atomic mass is 28.3. The van der Waals surface area contributed by atoms with Crippen molar-refractivity contribution in [3.8, 4) is 0 Å². The van der Waals surface area contributed by atoms with Gasteiger partial charge in [-0.3, -0.25) is 4.79 Å². The number of benzene rings is 1. The minimum absolute atomic E-state index is 0.212. The van der Waals surface area contributed by atoms with Crippen LogP contribution in [0.2, 0.25) is 19.6 Å². The smallest absolute Gasteiger partial charge is 0.223 e. The third-order valence-corrected chi connectivity index (χ3v) is 6.15. The van der Waals surface area contributed by atoms with Crippen molar-refractivity contribution in [3.05, 3.63) is 29.8 Å². The van der Waals surface area contributed by atoms with E-state index in [1.54, 1.807) is 0 Å². The molecule has 1 heterocycles. The zero-order valence-corrected chi connectivity index (χ0v) is 13.6. The minimum atomic E-state index is -1.22. The normalized spacial score (nSPS) is 18.5. The van der Waals surface area contributed by atoms with Crippen molar-refractivity contribution in [3.63, 3.8) is 0 Å². The second kappa shape index (κ2) is 5.49. The molecule has 2 nitrogen and oxygen atoms in total. The van der Waals surface area contributed by atoms with E-state index in [1.165, 1.54) is 10.8 Å². The van der Waals surface area contributed by atoms with Crippen LogP contribution in [0.15, 0.2) is 24.3 Å². The van der Waals surface area contributed by atoms with Gasteiger partial charge >= 0.3 is 0 Å². The maximum Gasteiger partial charge on any atom is 0.223 e. The van der Waals surface area contributed by atoms with Crippen molar-refractivity contribution in [1.82, 2.24) is 4.90 Å². The summed E-state index contributed by atoms with van der Waals surface area (Å²) in [5.41, 5.74) is 1.26. The van der Waals surface area contributed by atoms with Crippen LogP contribution in [0.25, 0.3) is 0 Å². The largest absolute Gasteiger partial charge is 0.336 e. The Kier molecular flexibility index (Phi) is 4.14. The molecule has 0 aromatic heterocycles. The lowest BCUT2D eigenvalue weighted by molar-refractivity contribution is -0.135. The number of hydrogen-bond donors (Lipinski definition) is 0. The summed E-state index contributed by atoms with van der Waals surface area (Å²) in [6.07, 6.45) is 2.91. The fourth-order valence-corrected chi connectivity index (χ4v) is 3.84. The summed E-state index contributed by atoms with van der Waals surface area (Å²) in [5.74, 6) is 0.313. The highest BCUT2D eigenvalue weighted by molar-refractivity contribution is 6.88. The lowest BCUT2D eigenvalue weighted by Gasteiger charge is -2.33. The molecule has 1 saturated heterocycles. The standard InChI is InChI=1S/C16H25NOSi/c1-13(17-12-6-5-7-16(17)18)14-8-10-15(11-9-14)19(2,3)4/h8-11,13H,5-7,12H2,1-4H3. The van der Waals surface area contributed by atoms with Gasteiger partial charge < -0.3 is 4.90 Å². The fraction of sp³-hybridized carbons (Fsp3) is 0.562. The molecule has 1 fully saturated rings. The molecule has 1 aromatic rings. The van der Waals surface area contributed by atoms with E-state index in [0.29, 0.717) is 5.91 Å². The number of carbonyl (C=O) groups excluding carboxylic acids is 1. The molecule has 1 aliphatic rings. The summed E-state index contributed by atoms with van der Waals surface area (Å²) in [6, 6.07) is 9.14. The highest BCUT2D eigenvalue weighted by Crippen LogP contribution is 2.24. The van der Waals surface area contributed by atoms with Crippen LogP contribution < -0.4 is 5.19 Å². The predicted octanol–water partition coefficient (Wildman–Crippen LogP) is 3.31. The maximum absolute atomic E-state index is 12.0. The van der Waals surface area contributed by atoms with Gasteiger partial charge in [-0.1, -0.05) is 49.1 Å². The molecule has 1 unspecified atom stereocenters. The second-order valence-corrected chi connectivity index (χ2v) is 11.7. The van der Waals surface area contributed by atoms with Crippen molar-refractivity contribution in [2.24, 2.45) is 0 Å². The highest BCUT2D eigenvalue weighted by Gasteiger charge is 2.24. The molecule has 19 heavy (non-hydrogen) atoms. The summed E-state index contributed by atoms with van der Waals surface area (Å²) < 4.78 is 0. The van der Waals surface area contributed by atoms with Crippen molar-refractivity contribution < 1.29 is 4.79 Å². The molecule has 1 aliphatic heterocycles. The van der Waals surface area contributed by atoms with E-state index in [-0.39, 0.29) is 6.04 Å². The molecular formula is C16H25NOSi. The first kappa shape index (κ1) is 14.3. The molecule has 1 amide bonds. The van der Waals surface area contributed by atoms with Crippen LogP contribution in [0, 0.1) is 0 Å². The number of amides is 1. The summed E-state index contributed by atoms with van der Waals surface area (Å²) in [6.45, 7) is 10.1. The summed E-state index contributed by atoms with van der Waals surface area (Å²) >= 11 is 0. The predicted molar refractivity (Wildman–Crippen MR) is 83.4 cm³/mol. The van der Waals surface area contributed by atoms with E-state index in [1.807, 2.05) is 4.90 Å². The fourth-order valence-electron chi connectivity index (χ4n) is 2.68. The summed E-state index contributed by atoms with van der Waals surface area (Å²) in [4.78, 5) is 14.0. The van der Waals surface area contributed by atoms with Gasteiger partial charge in [-0.2, -0.15) is 0 Å². The van der Waals surface area contributed by atoms with Crippen molar-refractivity contribution in [2.45, 2.75) is 51.9 Å².